The molecule has 0 radical (unpaired) electrons. The zero-order valence-electron chi connectivity index (χ0n) is 18.1. The second-order valence-corrected chi connectivity index (χ2v) is 8.86. The van der Waals surface area contributed by atoms with Crippen LogP contribution in [0.15, 0.2) is 30.4 Å². The number of benzene rings is 1. The van der Waals surface area contributed by atoms with Crippen LogP contribution in [0, 0.1) is 11.8 Å². The molecule has 2 aliphatic rings. The number of hydrogen-bond donors (Lipinski definition) is 1. The molecule has 7 nitrogen and oxygen atoms in total. The van der Waals surface area contributed by atoms with Crippen LogP contribution in [0.2, 0.25) is 10.0 Å². The van der Waals surface area contributed by atoms with Gasteiger partial charge in [0.05, 0.1) is 21.9 Å². The summed E-state index contributed by atoms with van der Waals surface area (Å²) in [7, 11) is 1.52. The molecule has 1 saturated heterocycles. The number of allylic oxidation sites excluding steroid dienone is 2. The van der Waals surface area contributed by atoms with Crippen LogP contribution in [0.4, 0.5) is 0 Å². The zero-order valence-corrected chi connectivity index (χ0v) is 19.7. The maximum Gasteiger partial charge on any atom is 0.242 e. The molecule has 3 rings (SSSR count). The highest BCUT2D eigenvalue weighted by atomic mass is 35.5. The molecule has 9 heteroatoms. The Hall–Kier alpha value is -2.38. The van der Waals surface area contributed by atoms with Crippen LogP contribution in [0.25, 0.3) is 0 Å². The molecule has 0 spiro atoms. The predicted octanol–water partition coefficient (Wildman–Crippen LogP) is 3.19. The van der Waals surface area contributed by atoms with Gasteiger partial charge in [-0.2, -0.15) is 0 Å². The first-order valence-electron chi connectivity index (χ1n) is 10.7. The summed E-state index contributed by atoms with van der Waals surface area (Å²) in [6, 6.07) is 4.35. The SMILES string of the molecule is CC[C@@H](C(=O)NC)N(Cc1ccc(Cl)c(Cl)c1)C(=O)CCN1C(=O)[C@H]2CC=CC[C@H]2C1=O. The minimum Gasteiger partial charge on any atom is -0.357 e. The third-order valence-corrected chi connectivity index (χ3v) is 6.86. The number of fused-ring (bicyclic) bond motifs is 1. The van der Waals surface area contributed by atoms with Crippen LogP contribution in [0.1, 0.15) is 38.2 Å². The lowest BCUT2D eigenvalue weighted by atomic mass is 9.85. The van der Waals surface area contributed by atoms with Gasteiger partial charge in [0.25, 0.3) is 0 Å². The average Bonchev–Trinajstić information content (AvgIpc) is 3.04. The number of nitrogens with one attached hydrogen (secondary N) is 1. The number of amides is 4. The topological polar surface area (TPSA) is 86.8 Å². The van der Waals surface area contributed by atoms with E-state index in [1.165, 1.54) is 16.8 Å². The molecule has 1 aliphatic heterocycles. The highest BCUT2D eigenvalue weighted by Gasteiger charge is 2.47. The molecule has 0 bridgehead atoms. The van der Waals surface area contributed by atoms with E-state index in [1.54, 1.807) is 18.2 Å². The summed E-state index contributed by atoms with van der Waals surface area (Å²) in [6.45, 7) is 1.98. The fourth-order valence-electron chi connectivity index (χ4n) is 4.36. The normalized spacial score (nSPS) is 20.8. The molecule has 1 aliphatic carbocycles. The van der Waals surface area contributed by atoms with Gasteiger partial charge in [-0.15, -0.1) is 0 Å². The van der Waals surface area contributed by atoms with Gasteiger partial charge in [-0.3, -0.25) is 24.1 Å². The molecule has 4 amide bonds. The van der Waals surface area contributed by atoms with E-state index in [4.69, 9.17) is 23.2 Å². The molecule has 1 N–H and O–H groups in total. The monoisotopic (exact) mass is 479 g/mol. The van der Waals surface area contributed by atoms with E-state index in [0.717, 1.165) is 5.56 Å². The fourth-order valence-corrected chi connectivity index (χ4v) is 4.68. The standard InChI is InChI=1S/C23H27Cl2N3O4/c1-3-19(21(30)26-2)28(13-14-8-9-17(24)18(25)12-14)20(29)10-11-27-22(31)15-6-4-5-7-16(15)23(27)32/h4-5,8-9,12,15-16,19H,3,6-7,10-11,13H2,1-2H3,(H,26,30)/t15-,16+,19-/m0/s1. The Bertz CT molecular complexity index is 923. The number of likely N-dealkylation sites (tertiary alicyclic amines) is 1. The average molecular weight is 480 g/mol. The number of rotatable bonds is 8. The van der Waals surface area contributed by atoms with Crippen LogP contribution in [0.3, 0.4) is 0 Å². The van der Waals surface area contributed by atoms with E-state index in [9.17, 15) is 19.2 Å². The fraction of sp³-hybridized carbons (Fsp3) is 0.478. The van der Waals surface area contributed by atoms with Gasteiger partial charge < -0.3 is 10.2 Å². The van der Waals surface area contributed by atoms with Crippen molar-refractivity contribution in [2.45, 2.75) is 45.2 Å². The number of nitrogens with zero attached hydrogens (tertiary/aromatic N) is 2. The lowest BCUT2D eigenvalue weighted by molar-refractivity contribution is -0.144. The lowest BCUT2D eigenvalue weighted by Crippen LogP contribution is -2.49. The zero-order chi connectivity index (χ0) is 23.4. The molecule has 1 aromatic carbocycles. The van der Waals surface area contributed by atoms with E-state index in [2.05, 4.69) is 5.32 Å². The molecule has 172 valence electrons. The first kappa shape index (κ1) is 24.3. The molecular weight excluding hydrogens is 453 g/mol. The van der Waals surface area contributed by atoms with Crippen molar-refractivity contribution < 1.29 is 19.2 Å². The molecular formula is C23H27Cl2N3O4. The minimum absolute atomic E-state index is 0.00551. The Labute approximate surface area is 197 Å². The van der Waals surface area contributed by atoms with E-state index < -0.39 is 6.04 Å². The number of carbonyl (C=O) groups is 4. The third-order valence-electron chi connectivity index (χ3n) is 6.12. The highest BCUT2D eigenvalue weighted by Crippen LogP contribution is 2.35. The van der Waals surface area contributed by atoms with Crippen molar-refractivity contribution >= 4 is 46.8 Å². The number of carbonyl (C=O) groups excluding carboxylic acids is 4. The summed E-state index contributed by atoms with van der Waals surface area (Å²) in [4.78, 5) is 53.7. The molecule has 1 heterocycles. The maximum atomic E-state index is 13.2. The molecule has 32 heavy (non-hydrogen) atoms. The predicted molar refractivity (Wildman–Crippen MR) is 122 cm³/mol. The van der Waals surface area contributed by atoms with Crippen molar-refractivity contribution in [3.8, 4) is 0 Å². The Kier molecular flexibility index (Phi) is 7.96. The number of hydrogen-bond acceptors (Lipinski definition) is 4. The van der Waals surface area contributed by atoms with Gasteiger partial charge in [-0.25, -0.2) is 0 Å². The van der Waals surface area contributed by atoms with E-state index in [0.29, 0.717) is 29.3 Å². The Morgan fingerprint density at radius 2 is 1.75 bits per heavy atom. The largest absolute Gasteiger partial charge is 0.357 e. The van der Waals surface area contributed by atoms with Crippen LogP contribution in [-0.2, 0) is 25.7 Å². The summed E-state index contributed by atoms with van der Waals surface area (Å²) in [5.74, 6) is -1.70. The first-order chi connectivity index (χ1) is 15.3. The van der Waals surface area contributed by atoms with Crippen LogP contribution < -0.4 is 5.32 Å². The molecule has 0 unspecified atom stereocenters. The van der Waals surface area contributed by atoms with Gasteiger partial charge >= 0.3 is 0 Å². The summed E-state index contributed by atoms with van der Waals surface area (Å²) in [6.07, 6.45) is 5.31. The van der Waals surface area contributed by atoms with Crippen molar-refractivity contribution in [1.82, 2.24) is 15.1 Å². The highest BCUT2D eigenvalue weighted by molar-refractivity contribution is 6.42. The maximum absolute atomic E-state index is 13.2. The molecule has 1 aromatic rings. The van der Waals surface area contributed by atoms with Crippen LogP contribution in [-0.4, -0.2) is 53.1 Å². The smallest absolute Gasteiger partial charge is 0.242 e. The molecule has 3 atom stereocenters. The van der Waals surface area contributed by atoms with Gasteiger partial charge in [0.2, 0.25) is 23.6 Å². The van der Waals surface area contributed by atoms with Crippen molar-refractivity contribution in [3.05, 3.63) is 46.0 Å². The Balaban J connectivity index is 1.75. The Morgan fingerprint density at radius 3 is 2.28 bits per heavy atom. The Morgan fingerprint density at radius 1 is 1.12 bits per heavy atom. The van der Waals surface area contributed by atoms with Crippen molar-refractivity contribution in [2.75, 3.05) is 13.6 Å². The molecule has 0 aromatic heterocycles. The summed E-state index contributed by atoms with van der Waals surface area (Å²) in [5.41, 5.74) is 0.723. The summed E-state index contributed by atoms with van der Waals surface area (Å²) < 4.78 is 0. The number of likely N-dealkylation sites (N-methyl/N-ethyl adjacent to an activating group) is 1. The van der Waals surface area contributed by atoms with Crippen LogP contribution in [0.5, 0.6) is 0 Å². The lowest BCUT2D eigenvalue weighted by Gasteiger charge is -2.31. The number of imide groups is 1. The van der Waals surface area contributed by atoms with Gasteiger partial charge in [0.15, 0.2) is 0 Å². The van der Waals surface area contributed by atoms with Crippen molar-refractivity contribution in [3.63, 3.8) is 0 Å². The first-order valence-corrected chi connectivity index (χ1v) is 11.5. The minimum atomic E-state index is -0.696. The van der Waals surface area contributed by atoms with Gasteiger partial charge in [0.1, 0.15) is 6.04 Å². The van der Waals surface area contributed by atoms with Gasteiger partial charge in [0, 0.05) is 26.6 Å². The second-order valence-electron chi connectivity index (χ2n) is 8.04. The third kappa shape index (κ3) is 4.99. The van der Waals surface area contributed by atoms with E-state index in [1.807, 2.05) is 19.1 Å². The number of halogens is 2. The molecule has 0 saturated carbocycles. The second kappa shape index (κ2) is 10.5. The van der Waals surface area contributed by atoms with Gasteiger partial charge in [-0.05, 0) is 37.0 Å². The summed E-state index contributed by atoms with van der Waals surface area (Å²) in [5, 5.41) is 3.35. The van der Waals surface area contributed by atoms with Crippen LogP contribution >= 0.6 is 23.2 Å². The van der Waals surface area contributed by atoms with E-state index >= 15 is 0 Å². The summed E-state index contributed by atoms with van der Waals surface area (Å²) >= 11 is 12.1. The molecule has 1 fully saturated rings. The van der Waals surface area contributed by atoms with E-state index in [-0.39, 0.29) is 55.0 Å². The van der Waals surface area contributed by atoms with Crippen molar-refractivity contribution in [2.24, 2.45) is 11.8 Å². The van der Waals surface area contributed by atoms with Crippen molar-refractivity contribution in [1.29, 1.82) is 0 Å². The quantitative estimate of drug-likeness (QED) is 0.458. The van der Waals surface area contributed by atoms with Gasteiger partial charge in [-0.1, -0.05) is 48.3 Å².